The lowest BCUT2D eigenvalue weighted by atomic mass is 10.2. The van der Waals surface area contributed by atoms with Crippen molar-refractivity contribution in [2.75, 3.05) is 39.6 Å². The summed E-state index contributed by atoms with van der Waals surface area (Å²) in [5.41, 5.74) is 0.213. The molecule has 0 unspecified atom stereocenters. The summed E-state index contributed by atoms with van der Waals surface area (Å²) in [6.45, 7) is 1.19. The van der Waals surface area contributed by atoms with Crippen molar-refractivity contribution in [1.82, 2.24) is 15.2 Å². The van der Waals surface area contributed by atoms with E-state index in [0.29, 0.717) is 19.0 Å². The molecule has 9 heteroatoms. The number of aromatic nitrogens is 1. The van der Waals surface area contributed by atoms with Gasteiger partial charge >= 0.3 is 6.18 Å². The first-order valence-electron chi connectivity index (χ1n) is 8.66. The van der Waals surface area contributed by atoms with Gasteiger partial charge < -0.3 is 20.3 Å². The molecule has 0 aliphatic carbocycles. The lowest BCUT2D eigenvalue weighted by Crippen LogP contribution is -2.40. The second kappa shape index (κ2) is 9.82. The van der Waals surface area contributed by atoms with Crippen molar-refractivity contribution >= 4 is 11.8 Å². The minimum atomic E-state index is -4.45. The van der Waals surface area contributed by atoms with Gasteiger partial charge in [0.25, 0.3) is 0 Å². The zero-order valence-electron chi connectivity index (χ0n) is 16.0. The number of guanidine groups is 1. The number of rotatable bonds is 7. The van der Waals surface area contributed by atoms with Crippen LogP contribution >= 0.6 is 0 Å². The van der Waals surface area contributed by atoms with Gasteiger partial charge in [0, 0.05) is 45.5 Å². The molecule has 0 atom stereocenters. The number of nitrogens with one attached hydrogen (secondary N) is 2. The summed E-state index contributed by atoms with van der Waals surface area (Å²) < 4.78 is 44.3. The van der Waals surface area contributed by atoms with Crippen LogP contribution in [0.5, 0.6) is 5.75 Å². The van der Waals surface area contributed by atoms with Crippen LogP contribution in [-0.2, 0) is 12.7 Å². The Bertz CT molecular complexity index is 795. The van der Waals surface area contributed by atoms with Crippen LogP contribution in [0.25, 0.3) is 0 Å². The zero-order chi connectivity index (χ0) is 20.6. The van der Waals surface area contributed by atoms with Gasteiger partial charge in [-0.15, -0.1) is 0 Å². The second-order valence-corrected chi connectivity index (χ2v) is 5.97. The van der Waals surface area contributed by atoms with Crippen LogP contribution in [0.3, 0.4) is 0 Å². The highest BCUT2D eigenvalue weighted by atomic mass is 19.4. The standard InChI is InChI=1S/C19H24F3N5O/c1-23-18(27(2)13-14-7-4-5-9-16(14)28-3)26-12-11-25-17-15(19(20,21)22)8-6-10-24-17/h4-10H,11-13H2,1-3H3,(H,23,26)(H,24,25). The molecule has 1 aromatic carbocycles. The van der Waals surface area contributed by atoms with Crippen molar-refractivity contribution in [2.45, 2.75) is 12.7 Å². The fourth-order valence-electron chi connectivity index (χ4n) is 2.68. The predicted octanol–water partition coefficient (Wildman–Crippen LogP) is 3.23. The number of halogens is 3. The van der Waals surface area contributed by atoms with Crippen LogP contribution in [0.15, 0.2) is 47.6 Å². The summed E-state index contributed by atoms with van der Waals surface area (Å²) >= 11 is 0. The summed E-state index contributed by atoms with van der Waals surface area (Å²) in [5.74, 6) is 1.21. The monoisotopic (exact) mass is 395 g/mol. The highest BCUT2D eigenvalue weighted by molar-refractivity contribution is 5.79. The van der Waals surface area contributed by atoms with E-state index in [0.717, 1.165) is 17.4 Å². The third kappa shape index (κ3) is 5.77. The molecule has 0 aliphatic heterocycles. The molecule has 0 amide bonds. The van der Waals surface area contributed by atoms with Crippen molar-refractivity contribution in [3.8, 4) is 5.75 Å². The van der Waals surface area contributed by atoms with Crippen molar-refractivity contribution in [3.63, 3.8) is 0 Å². The molecule has 2 N–H and O–H groups in total. The Balaban J connectivity index is 1.89. The Kier molecular flexibility index (Phi) is 7.48. The van der Waals surface area contributed by atoms with Crippen LogP contribution in [0.1, 0.15) is 11.1 Å². The van der Waals surface area contributed by atoms with Crippen molar-refractivity contribution in [1.29, 1.82) is 0 Å². The van der Waals surface area contributed by atoms with Gasteiger partial charge in [0.15, 0.2) is 5.96 Å². The minimum Gasteiger partial charge on any atom is -0.496 e. The molecule has 152 valence electrons. The fourth-order valence-corrected chi connectivity index (χ4v) is 2.68. The number of anilines is 1. The average molecular weight is 395 g/mol. The molecule has 2 rings (SSSR count). The van der Waals surface area contributed by atoms with Gasteiger partial charge in [0.1, 0.15) is 11.6 Å². The van der Waals surface area contributed by atoms with Crippen molar-refractivity contribution in [2.24, 2.45) is 4.99 Å². The normalized spacial score (nSPS) is 11.9. The SMILES string of the molecule is CN=C(NCCNc1ncccc1C(F)(F)F)N(C)Cc1ccccc1OC. The largest absolute Gasteiger partial charge is 0.496 e. The summed E-state index contributed by atoms with van der Waals surface area (Å²) in [4.78, 5) is 9.89. The number of hydrogen-bond acceptors (Lipinski definition) is 4. The smallest absolute Gasteiger partial charge is 0.419 e. The third-order valence-corrected chi connectivity index (χ3v) is 3.99. The molecule has 28 heavy (non-hydrogen) atoms. The summed E-state index contributed by atoms with van der Waals surface area (Å²) in [7, 11) is 5.13. The van der Waals surface area contributed by atoms with Crippen LogP contribution in [-0.4, -0.2) is 50.1 Å². The lowest BCUT2D eigenvalue weighted by molar-refractivity contribution is -0.137. The quantitative estimate of drug-likeness (QED) is 0.428. The number of ether oxygens (including phenoxy) is 1. The number of methoxy groups -OCH3 is 1. The summed E-state index contributed by atoms with van der Waals surface area (Å²) in [5, 5.41) is 5.84. The number of aliphatic imine (C=N–C) groups is 1. The second-order valence-electron chi connectivity index (χ2n) is 5.97. The molecular formula is C19H24F3N5O. The summed E-state index contributed by atoms with van der Waals surface area (Å²) in [6.07, 6.45) is -3.13. The average Bonchev–Trinajstić information content (AvgIpc) is 2.68. The molecule has 0 spiro atoms. The van der Waals surface area contributed by atoms with E-state index in [-0.39, 0.29) is 12.4 Å². The van der Waals surface area contributed by atoms with E-state index in [1.54, 1.807) is 14.2 Å². The first-order chi connectivity index (χ1) is 13.4. The van der Waals surface area contributed by atoms with Gasteiger partial charge in [-0.1, -0.05) is 18.2 Å². The van der Waals surface area contributed by atoms with E-state index in [1.807, 2.05) is 36.2 Å². The van der Waals surface area contributed by atoms with Gasteiger partial charge in [-0.2, -0.15) is 13.2 Å². The van der Waals surface area contributed by atoms with Crippen LogP contribution < -0.4 is 15.4 Å². The number of nitrogens with zero attached hydrogens (tertiary/aromatic N) is 3. The highest BCUT2D eigenvalue weighted by Crippen LogP contribution is 2.33. The van der Waals surface area contributed by atoms with Gasteiger partial charge in [-0.25, -0.2) is 4.98 Å². The Hall–Kier alpha value is -2.97. The Morgan fingerprint density at radius 2 is 1.93 bits per heavy atom. The molecule has 0 saturated carbocycles. The number of alkyl halides is 3. The maximum atomic E-state index is 13.0. The lowest BCUT2D eigenvalue weighted by Gasteiger charge is -2.23. The molecule has 0 aliphatic rings. The molecule has 1 aromatic heterocycles. The van der Waals surface area contributed by atoms with Crippen LogP contribution in [0.2, 0.25) is 0 Å². The van der Waals surface area contributed by atoms with E-state index in [1.165, 1.54) is 12.3 Å². The van der Waals surface area contributed by atoms with E-state index in [2.05, 4.69) is 20.6 Å². The van der Waals surface area contributed by atoms with Crippen LogP contribution in [0.4, 0.5) is 19.0 Å². The topological polar surface area (TPSA) is 61.8 Å². The van der Waals surface area contributed by atoms with Gasteiger partial charge in [0.2, 0.25) is 0 Å². The molecule has 0 radical (unpaired) electrons. The molecule has 2 aromatic rings. The molecule has 0 bridgehead atoms. The molecule has 0 fully saturated rings. The Morgan fingerprint density at radius 1 is 1.18 bits per heavy atom. The predicted molar refractivity (Wildman–Crippen MR) is 104 cm³/mol. The third-order valence-electron chi connectivity index (χ3n) is 3.99. The van der Waals surface area contributed by atoms with E-state index >= 15 is 0 Å². The minimum absolute atomic E-state index is 0.186. The molecule has 1 heterocycles. The van der Waals surface area contributed by atoms with E-state index < -0.39 is 11.7 Å². The fraction of sp³-hybridized carbons (Fsp3) is 0.368. The number of benzene rings is 1. The Labute approximate surface area is 162 Å². The van der Waals surface area contributed by atoms with Gasteiger partial charge in [-0.05, 0) is 18.2 Å². The van der Waals surface area contributed by atoms with E-state index in [4.69, 9.17) is 4.74 Å². The van der Waals surface area contributed by atoms with E-state index in [9.17, 15) is 13.2 Å². The zero-order valence-corrected chi connectivity index (χ0v) is 16.0. The number of para-hydroxylation sites is 1. The first kappa shape index (κ1) is 21.3. The maximum absolute atomic E-state index is 13.0. The summed E-state index contributed by atoms with van der Waals surface area (Å²) in [6, 6.07) is 9.94. The van der Waals surface area contributed by atoms with Crippen molar-refractivity contribution in [3.05, 3.63) is 53.7 Å². The number of pyridine rings is 1. The highest BCUT2D eigenvalue weighted by Gasteiger charge is 2.33. The Morgan fingerprint density at radius 3 is 2.61 bits per heavy atom. The van der Waals surface area contributed by atoms with Gasteiger partial charge in [-0.3, -0.25) is 4.99 Å². The van der Waals surface area contributed by atoms with Gasteiger partial charge in [0.05, 0.1) is 12.7 Å². The maximum Gasteiger partial charge on any atom is 0.419 e. The molecule has 0 saturated heterocycles. The van der Waals surface area contributed by atoms with Crippen LogP contribution in [0, 0.1) is 0 Å². The van der Waals surface area contributed by atoms with Crippen molar-refractivity contribution < 1.29 is 17.9 Å². The molecule has 6 nitrogen and oxygen atoms in total. The first-order valence-corrected chi connectivity index (χ1v) is 8.66. The molecular weight excluding hydrogens is 371 g/mol. The number of hydrogen-bond donors (Lipinski definition) is 2.